The lowest BCUT2D eigenvalue weighted by molar-refractivity contribution is 0.0977. The van der Waals surface area contributed by atoms with Crippen molar-refractivity contribution < 1.29 is 14.3 Å². The summed E-state index contributed by atoms with van der Waals surface area (Å²) in [7, 11) is 0. The molecule has 1 aromatic rings. The molecule has 21 heavy (non-hydrogen) atoms. The second-order valence-corrected chi connectivity index (χ2v) is 6.32. The lowest BCUT2D eigenvalue weighted by Crippen LogP contribution is -2.28. The maximum Gasteiger partial charge on any atom is 0.153 e. The first-order valence-electron chi connectivity index (χ1n) is 8.01. The molecule has 0 radical (unpaired) electrons. The highest BCUT2D eigenvalue weighted by molar-refractivity contribution is 5.79. The van der Waals surface area contributed by atoms with Gasteiger partial charge in [-0.3, -0.25) is 4.79 Å². The van der Waals surface area contributed by atoms with Gasteiger partial charge in [-0.15, -0.1) is 0 Å². The Bertz CT molecular complexity index is 460. The molecule has 0 N–H and O–H groups in total. The minimum atomic E-state index is 0.198. The summed E-state index contributed by atoms with van der Waals surface area (Å²) in [6.07, 6.45) is 5.40. The van der Waals surface area contributed by atoms with E-state index >= 15 is 0 Å². The monoisotopic (exact) mass is 290 g/mol. The molecular formula is C18H26O3. The zero-order valence-corrected chi connectivity index (χ0v) is 13.3. The summed E-state index contributed by atoms with van der Waals surface area (Å²) < 4.78 is 11.8. The highest BCUT2D eigenvalue weighted by atomic mass is 16.5. The Morgan fingerprint density at radius 3 is 2.52 bits per heavy atom. The Labute approximate surface area is 127 Å². The number of carbonyl (C=O) groups is 1. The van der Waals surface area contributed by atoms with Crippen molar-refractivity contribution in [1.82, 2.24) is 0 Å². The molecule has 116 valence electrons. The quantitative estimate of drug-likeness (QED) is 0.724. The van der Waals surface area contributed by atoms with Crippen LogP contribution in [0.5, 0.6) is 11.5 Å². The van der Waals surface area contributed by atoms with E-state index in [2.05, 4.69) is 20.8 Å². The van der Waals surface area contributed by atoms with Crippen LogP contribution in [0.1, 0.15) is 56.8 Å². The van der Waals surface area contributed by atoms with E-state index in [9.17, 15) is 4.79 Å². The average molecular weight is 290 g/mol. The summed E-state index contributed by atoms with van der Waals surface area (Å²) in [5.41, 5.74) is 0.602. The zero-order valence-electron chi connectivity index (χ0n) is 13.3. The molecule has 1 fully saturated rings. The van der Waals surface area contributed by atoms with Gasteiger partial charge in [0.05, 0.1) is 18.3 Å². The van der Waals surface area contributed by atoms with Gasteiger partial charge in [0.2, 0.25) is 0 Å². The molecular weight excluding hydrogens is 264 g/mol. The van der Waals surface area contributed by atoms with Crippen molar-refractivity contribution in [3.63, 3.8) is 0 Å². The third-order valence-corrected chi connectivity index (χ3v) is 4.01. The lowest BCUT2D eigenvalue weighted by atomic mass is 9.82. The van der Waals surface area contributed by atoms with Crippen molar-refractivity contribution in [3.05, 3.63) is 23.8 Å². The standard InChI is InChI=1S/C18H26O3/c1-4-7-20-16-6-5-15(12-19)18(11-16)21-17-9-13(2)8-14(3)10-17/h5-6,11-14,17H,4,7-10H2,1-3H3. The predicted octanol–water partition coefficient (Wildman–Crippen LogP) is 4.49. The van der Waals surface area contributed by atoms with Gasteiger partial charge in [-0.05, 0) is 49.7 Å². The highest BCUT2D eigenvalue weighted by Crippen LogP contribution is 2.33. The van der Waals surface area contributed by atoms with E-state index in [1.54, 1.807) is 6.07 Å². The average Bonchev–Trinajstić information content (AvgIpc) is 2.44. The topological polar surface area (TPSA) is 35.5 Å². The molecule has 2 unspecified atom stereocenters. The van der Waals surface area contributed by atoms with Crippen LogP contribution in [0, 0.1) is 11.8 Å². The largest absolute Gasteiger partial charge is 0.493 e. The van der Waals surface area contributed by atoms with Crippen LogP contribution in [0.15, 0.2) is 18.2 Å². The second kappa shape index (κ2) is 7.48. The molecule has 3 nitrogen and oxygen atoms in total. The highest BCUT2D eigenvalue weighted by Gasteiger charge is 2.25. The fourth-order valence-electron chi connectivity index (χ4n) is 3.17. The summed E-state index contributed by atoms with van der Waals surface area (Å²) in [6.45, 7) is 7.29. The fraction of sp³-hybridized carbons (Fsp3) is 0.611. The van der Waals surface area contributed by atoms with Crippen LogP contribution < -0.4 is 9.47 Å². The SMILES string of the molecule is CCCOc1ccc(C=O)c(OC2CC(C)CC(C)C2)c1. The molecule has 0 spiro atoms. The van der Waals surface area contributed by atoms with Crippen molar-refractivity contribution in [2.24, 2.45) is 11.8 Å². The Kier molecular flexibility index (Phi) is 5.66. The van der Waals surface area contributed by atoms with E-state index in [-0.39, 0.29) is 6.10 Å². The van der Waals surface area contributed by atoms with Crippen molar-refractivity contribution in [2.75, 3.05) is 6.61 Å². The Morgan fingerprint density at radius 2 is 1.90 bits per heavy atom. The van der Waals surface area contributed by atoms with Gasteiger partial charge >= 0.3 is 0 Å². The first kappa shape index (κ1) is 15.9. The van der Waals surface area contributed by atoms with Crippen LogP contribution in [-0.4, -0.2) is 19.0 Å². The molecule has 0 aliphatic heterocycles. The maximum absolute atomic E-state index is 11.2. The van der Waals surface area contributed by atoms with Gasteiger partial charge in [0.1, 0.15) is 11.5 Å². The van der Waals surface area contributed by atoms with Crippen LogP contribution in [0.2, 0.25) is 0 Å². The minimum absolute atomic E-state index is 0.198. The Hall–Kier alpha value is -1.51. The smallest absolute Gasteiger partial charge is 0.153 e. The van der Waals surface area contributed by atoms with Crippen molar-refractivity contribution in [2.45, 2.75) is 52.6 Å². The molecule has 2 rings (SSSR count). The number of benzene rings is 1. The van der Waals surface area contributed by atoms with E-state index in [4.69, 9.17) is 9.47 Å². The summed E-state index contributed by atoms with van der Waals surface area (Å²) >= 11 is 0. The third-order valence-electron chi connectivity index (χ3n) is 4.01. The molecule has 1 saturated carbocycles. The molecule has 0 bridgehead atoms. The number of ether oxygens (including phenoxy) is 2. The Morgan fingerprint density at radius 1 is 1.19 bits per heavy atom. The Balaban J connectivity index is 2.11. The normalized spacial score (nSPS) is 25.4. The van der Waals surface area contributed by atoms with Crippen LogP contribution in [0.4, 0.5) is 0 Å². The van der Waals surface area contributed by atoms with Gasteiger partial charge in [0, 0.05) is 6.07 Å². The van der Waals surface area contributed by atoms with Gasteiger partial charge in [0.15, 0.2) is 6.29 Å². The van der Waals surface area contributed by atoms with Gasteiger partial charge in [0.25, 0.3) is 0 Å². The van der Waals surface area contributed by atoms with Crippen LogP contribution in [-0.2, 0) is 0 Å². The molecule has 1 aliphatic carbocycles. The van der Waals surface area contributed by atoms with Crippen molar-refractivity contribution in [3.8, 4) is 11.5 Å². The zero-order chi connectivity index (χ0) is 15.2. The van der Waals surface area contributed by atoms with E-state index in [0.29, 0.717) is 29.8 Å². The minimum Gasteiger partial charge on any atom is -0.493 e. The van der Waals surface area contributed by atoms with E-state index < -0.39 is 0 Å². The summed E-state index contributed by atoms with van der Waals surface area (Å²) in [5.74, 6) is 2.79. The lowest BCUT2D eigenvalue weighted by Gasteiger charge is -2.32. The van der Waals surface area contributed by atoms with Gasteiger partial charge in [-0.25, -0.2) is 0 Å². The molecule has 0 amide bonds. The fourth-order valence-corrected chi connectivity index (χ4v) is 3.17. The summed E-state index contributed by atoms with van der Waals surface area (Å²) in [5, 5.41) is 0. The molecule has 3 heteroatoms. The number of carbonyl (C=O) groups excluding carboxylic acids is 1. The van der Waals surface area contributed by atoms with Gasteiger partial charge in [-0.2, -0.15) is 0 Å². The van der Waals surface area contributed by atoms with E-state index in [0.717, 1.165) is 31.3 Å². The van der Waals surface area contributed by atoms with Crippen molar-refractivity contribution in [1.29, 1.82) is 0 Å². The maximum atomic E-state index is 11.2. The number of hydrogen-bond donors (Lipinski definition) is 0. The number of rotatable bonds is 6. The molecule has 0 heterocycles. The van der Waals surface area contributed by atoms with Gasteiger partial charge < -0.3 is 9.47 Å². The van der Waals surface area contributed by atoms with E-state index in [1.807, 2.05) is 12.1 Å². The first-order valence-corrected chi connectivity index (χ1v) is 8.01. The molecule has 2 atom stereocenters. The summed E-state index contributed by atoms with van der Waals surface area (Å²) in [4.78, 5) is 11.2. The van der Waals surface area contributed by atoms with Gasteiger partial charge in [-0.1, -0.05) is 20.8 Å². The first-order chi connectivity index (χ1) is 10.1. The van der Waals surface area contributed by atoms with E-state index in [1.165, 1.54) is 6.42 Å². The van der Waals surface area contributed by atoms with Crippen molar-refractivity contribution >= 4 is 6.29 Å². The second-order valence-electron chi connectivity index (χ2n) is 6.32. The molecule has 1 aliphatic rings. The third kappa shape index (κ3) is 4.48. The van der Waals surface area contributed by atoms with Crippen LogP contribution >= 0.6 is 0 Å². The molecule has 0 saturated heterocycles. The van der Waals surface area contributed by atoms with Crippen LogP contribution in [0.25, 0.3) is 0 Å². The molecule has 1 aromatic carbocycles. The molecule has 0 aromatic heterocycles. The number of aldehydes is 1. The number of hydrogen-bond acceptors (Lipinski definition) is 3. The summed E-state index contributed by atoms with van der Waals surface area (Å²) in [6, 6.07) is 5.46. The predicted molar refractivity (Wildman–Crippen MR) is 84.2 cm³/mol. The van der Waals surface area contributed by atoms with Crippen LogP contribution in [0.3, 0.4) is 0 Å².